The monoisotopic (exact) mass is 406 g/mol. The Bertz CT molecular complexity index is 1020. The number of para-hydroxylation sites is 2. The van der Waals surface area contributed by atoms with E-state index >= 15 is 0 Å². The van der Waals surface area contributed by atoms with Gasteiger partial charge in [-0.1, -0.05) is 18.2 Å². The number of non-ortho nitro benzene ring substituents is 1. The van der Waals surface area contributed by atoms with E-state index in [-0.39, 0.29) is 22.6 Å². The molecular formula is C17H18N4O6S. The number of carbonyl (C=O) groups is 2. The minimum Gasteiger partial charge on any atom is -0.341 e. The molecule has 0 heterocycles. The Hall–Kier alpha value is -3.47. The van der Waals surface area contributed by atoms with Gasteiger partial charge in [0.2, 0.25) is 15.9 Å². The lowest BCUT2D eigenvalue weighted by atomic mass is 10.1. The van der Waals surface area contributed by atoms with Crippen LogP contribution in [0.25, 0.3) is 0 Å². The van der Waals surface area contributed by atoms with Gasteiger partial charge >= 0.3 is 0 Å². The molecule has 0 bridgehead atoms. The Labute approximate surface area is 161 Å². The second kappa shape index (κ2) is 8.48. The normalized spacial score (nSPS) is 11.9. The van der Waals surface area contributed by atoms with E-state index < -0.39 is 32.8 Å². The summed E-state index contributed by atoms with van der Waals surface area (Å²) in [6.45, 7) is 1.43. The number of nitrogens with one attached hydrogen (secondary N) is 3. The molecule has 0 saturated carbocycles. The number of nitro benzene ring substituents is 1. The Kier molecular flexibility index (Phi) is 6.31. The van der Waals surface area contributed by atoms with Crippen LogP contribution in [0.15, 0.2) is 48.5 Å². The first-order chi connectivity index (χ1) is 13.1. The predicted octanol–water partition coefficient (Wildman–Crippen LogP) is 1.72. The number of hydrogen-bond donors (Lipinski definition) is 3. The third-order valence-electron chi connectivity index (χ3n) is 3.54. The molecule has 2 aromatic carbocycles. The van der Waals surface area contributed by atoms with Crippen molar-refractivity contribution in [2.45, 2.75) is 13.0 Å². The molecular weight excluding hydrogens is 388 g/mol. The van der Waals surface area contributed by atoms with Crippen molar-refractivity contribution >= 4 is 38.9 Å². The van der Waals surface area contributed by atoms with Crippen molar-refractivity contribution in [2.75, 3.05) is 16.3 Å². The molecule has 0 radical (unpaired) electrons. The first-order valence-corrected chi connectivity index (χ1v) is 9.89. The molecule has 3 N–H and O–H groups in total. The average molecular weight is 406 g/mol. The maximum atomic E-state index is 12.4. The maximum absolute atomic E-state index is 12.4. The zero-order valence-electron chi connectivity index (χ0n) is 15.0. The van der Waals surface area contributed by atoms with Gasteiger partial charge in [-0.3, -0.25) is 24.4 Å². The number of nitrogens with zero attached hydrogens (tertiary/aromatic N) is 1. The number of anilines is 2. The van der Waals surface area contributed by atoms with Crippen LogP contribution in [0.1, 0.15) is 17.3 Å². The zero-order valence-corrected chi connectivity index (χ0v) is 15.8. The van der Waals surface area contributed by atoms with Crippen molar-refractivity contribution in [2.24, 2.45) is 0 Å². The van der Waals surface area contributed by atoms with Crippen LogP contribution in [0.3, 0.4) is 0 Å². The number of hydrogen-bond acceptors (Lipinski definition) is 6. The van der Waals surface area contributed by atoms with Gasteiger partial charge < -0.3 is 10.6 Å². The Morgan fingerprint density at radius 2 is 1.71 bits per heavy atom. The van der Waals surface area contributed by atoms with Crippen LogP contribution in [-0.4, -0.2) is 37.5 Å². The summed E-state index contributed by atoms with van der Waals surface area (Å²) in [6.07, 6.45) is 0.980. The summed E-state index contributed by atoms with van der Waals surface area (Å²) in [4.78, 5) is 34.8. The van der Waals surface area contributed by atoms with Gasteiger partial charge in [-0.2, -0.15) is 0 Å². The third kappa shape index (κ3) is 5.77. The Balaban J connectivity index is 2.09. The average Bonchev–Trinajstić information content (AvgIpc) is 2.62. The molecule has 0 fully saturated rings. The fraction of sp³-hybridized carbons (Fsp3) is 0.176. The fourth-order valence-corrected chi connectivity index (χ4v) is 2.81. The molecule has 0 aliphatic carbocycles. The topological polar surface area (TPSA) is 148 Å². The molecule has 1 atom stereocenters. The van der Waals surface area contributed by atoms with Gasteiger partial charge in [0.25, 0.3) is 11.6 Å². The summed E-state index contributed by atoms with van der Waals surface area (Å²) < 4.78 is 25.1. The summed E-state index contributed by atoms with van der Waals surface area (Å²) in [7, 11) is -3.55. The molecule has 28 heavy (non-hydrogen) atoms. The second-order valence-corrected chi connectivity index (χ2v) is 7.66. The van der Waals surface area contributed by atoms with Gasteiger partial charge in [-0.15, -0.1) is 0 Å². The van der Waals surface area contributed by atoms with Gasteiger partial charge in [0.15, 0.2) is 0 Å². The largest absolute Gasteiger partial charge is 0.341 e. The minimum absolute atomic E-state index is 0.0352. The van der Waals surface area contributed by atoms with E-state index in [9.17, 15) is 28.1 Å². The predicted molar refractivity (Wildman–Crippen MR) is 104 cm³/mol. The molecule has 11 heteroatoms. The highest BCUT2D eigenvalue weighted by molar-refractivity contribution is 7.92. The van der Waals surface area contributed by atoms with Gasteiger partial charge in [0.05, 0.1) is 22.6 Å². The second-order valence-electron chi connectivity index (χ2n) is 5.91. The molecule has 10 nitrogen and oxygen atoms in total. The van der Waals surface area contributed by atoms with Crippen LogP contribution < -0.4 is 15.4 Å². The number of nitro groups is 1. The first kappa shape index (κ1) is 20.8. The number of carbonyl (C=O) groups excluding carboxylic acids is 2. The summed E-state index contributed by atoms with van der Waals surface area (Å²) in [5.41, 5.74) is 0.184. The number of sulfonamides is 1. The quantitative estimate of drug-likeness (QED) is 0.471. The van der Waals surface area contributed by atoms with Crippen LogP contribution in [0, 0.1) is 10.1 Å². The summed E-state index contributed by atoms with van der Waals surface area (Å²) in [5, 5.41) is 15.8. The summed E-state index contributed by atoms with van der Waals surface area (Å²) >= 11 is 0. The highest BCUT2D eigenvalue weighted by atomic mass is 32.2. The van der Waals surface area contributed by atoms with Crippen LogP contribution in [-0.2, 0) is 14.8 Å². The lowest BCUT2D eigenvalue weighted by molar-refractivity contribution is -0.384. The summed E-state index contributed by atoms with van der Waals surface area (Å²) in [5.74, 6) is -1.25. The minimum atomic E-state index is -3.55. The van der Waals surface area contributed by atoms with Gasteiger partial charge in [0, 0.05) is 17.7 Å². The molecule has 0 saturated heterocycles. The van der Waals surface area contributed by atoms with Gasteiger partial charge in [-0.25, -0.2) is 8.42 Å². The fourth-order valence-electron chi connectivity index (χ4n) is 2.23. The molecule has 2 amide bonds. The highest BCUT2D eigenvalue weighted by Crippen LogP contribution is 2.22. The number of rotatable bonds is 7. The van der Waals surface area contributed by atoms with Crippen LogP contribution in [0.2, 0.25) is 0 Å². The molecule has 1 unspecified atom stereocenters. The molecule has 2 aromatic rings. The molecule has 0 aromatic heterocycles. The third-order valence-corrected chi connectivity index (χ3v) is 4.13. The van der Waals surface area contributed by atoms with E-state index in [1.165, 1.54) is 37.3 Å². The van der Waals surface area contributed by atoms with E-state index in [4.69, 9.17) is 0 Å². The molecule has 2 rings (SSSR count). The van der Waals surface area contributed by atoms with E-state index in [0.29, 0.717) is 0 Å². The molecule has 0 aliphatic heterocycles. The highest BCUT2D eigenvalue weighted by Gasteiger charge is 2.19. The van der Waals surface area contributed by atoms with E-state index in [0.717, 1.165) is 12.3 Å². The lowest BCUT2D eigenvalue weighted by Crippen LogP contribution is -2.41. The molecule has 148 valence electrons. The van der Waals surface area contributed by atoms with Crippen LogP contribution in [0.5, 0.6) is 0 Å². The lowest BCUT2D eigenvalue weighted by Gasteiger charge is -2.16. The van der Waals surface area contributed by atoms with Crippen molar-refractivity contribution in [3.8, 4) is 0 Å². The number of amides is 2. The van der Waals surface area contributed by atoms with Crippen molar-refractivity contribution in [3.05, 3.63) is 64.2 Å². The van der Waals surface area contributed by atoms with Crippen molar-refractivity contribution in [3.63, 3.8) is 0 Å². The first-order valence-electron chi connectivity index (χ1n) is 8.00. The van der Waals surface area contributed by atoms with Gasteiger partial charge in [-0.05, 0) is 25.1 Å². The van der Waals surface area contributed by atoms with Crippen LogP contribution in [0.4, 0.5) is 17.1 Å². The van der Waals surface area contributed by atoms with Crippen molar-refractivity contribution < 1.29 is 22.9 Å². The SMILES string of the molecule is CC(NC(=O)c1cccc([N+](=O)[O-])c1)C(=O)Nc1ccccc1NS(C)(=O)=O. The van der Waals surface area contributed by atoms with E-state index in [1.54, 1.807) is 12.1 Å². The Morgan fingerprint density at radius 3 is 2.32 bits per heavy atom. The number of benzene rings is 2. The standard InChI is InChI=1S/C17H18N4O6S/c1-11(18-17(23)12-6-5-7-13(10-12)21(24)25)16(22)19-14-8-3-4-9-15(14)20-28(2,26)27/h3-11,20H,1-2H3,(H,18,23)(H,19,22). The van der Waals surface area contributed by atoms with E-state index in [1.807, 2.05) is 0 Å². The smallest absolute Gasteiger partial charge is 0.270 e. The molecule has 0 aliphatic rings. The molecule has 0 spiro atoms. The van der Waals surface area contributed by atoms with E-state index in [2.05, 4.69) is 15.4 Å². The van der Waals surface area contributed by atoms with Crippen LogP contribution >= 0.6 is 0 Å². The van der Waals surface area contributed by atoms with Crippen molar-refractivity contribution in [1.82, 2.24) is 5.32 Å². The van der Waals surface area contributed by atoms with Crippen molar-refractivity contribution in [1.29, 1.82) is 0 Å². The van der Waals surface area contributed by atoms with Gasteiger partial charge in [0.1, 0.15) is 6.04 Å². The zero-order chi connectivity index (χ0) is 20.9. The summed E-state index contributed by atoms with van der Waals surface area (Å²) in [6, 6.07) is 10.3. The Morgan fingerprint density at radius 1 is 1.07 bits per heavy atom. The maximum Gasteiger partial charge on any atom is 0.270 e.